The molecule has 2 aromatic rings. The smallest absolute Gasteiger partial charge is 0.253 e. The van der Waals surface area contributed by atoms with E-state index in [2.05, 4.69) is 19.2 Å². The molecule has 0 radical (unpaired) electrons. The van der Waals surface area contributed by atoms with Crippen LogP contribution >= 0.6 is 11.6 Å². The van der Waals surface area contributed by atoms with Gasteiger partial charge in [-0.25, -0.2) is 8.42 Å². The van der Waals surface area contributed by atoms with Crippen LogP contribution in [0.5, 0.6) is 5.75 Å². The van der Waals surface area contributed by atoms with Crippen LogP contribution in [0.25, 0.3) is 0 Å². The number of nitrogens with one attached hydrogen (secondary N) is 1. The van der Waals surface area contributed by atoms with E-state index in [9.17, 15) is 13.2 Å². The van der Waals surface area contributed by atoms with Gasteiger partial charge in [0, 0.05) is 25.1 Å². The van der Waals surface area contributed by atoms with Crippen molar-refractivity contribution in [2.45, 2.75) is 75.3 Å². The average molecular weight is 505 g/mol. The molecule has 184 valence electrons. The van der Waals surface area contributed by atoms with Crippen LogP contribution in [-0.2, 0) is 10.0 Å². The number of sulfonamides is 1. The number of para-hydroxylation sites is 1. The number of halogens is 1. The Bertz CT molecular complexity index is 1140. The van der Waals surface area contributed by atoms with E-state index in [1.807, 2.05) is 24.3 Å². The molecule has 1 atom stereocenters. The van der Waals surface area contributed by atoms with Gasteiger partial charge in [0.25, 0.3) is 5.91 Å². The van der Waals surface area contributed by atoms with Crippen molar-refractivity contribution in [2.24, 2.45) is 0 Å². The number of carbonyl (C=O) groups excluding carboxylic acids is 1. The molecule has 1 amide bonds. The first-order chi connectivity index (χ1) is 16.3. The maximum atomic E-state index is 13.4. The third-order valence-electron chi connectivity index (χ3n) is 7.18. The largest absolute Gasteiger partial charge is 0.487 e. The first-order valence-corrected chi connectivity index (χ1v) is 14.0. The number of hydrogen-bond donors (Lipinski definition) is 1. The lowest BCUT2D eigenvalue weighted by atomic mass is 9.83. The first-order valence-electron chi connectivity index (χ1n) is 12.2. The quantitative estimate of drug-likeness (QED) is 0.546. The van der Waals surface area contributed by atoms with Crippen LogP contribution < -0.4 is 10.1 Å². The van der Waals surface area contributed by atoms with Crippen molar-refractivity contribution in [1.82, 2.24) is 9.62 Å². The molecule has 8 heteroatoms. The lowest BCUT2D eigenvalue weighted by molar-refractivity contribution is 0.0227. The van der Waals surface area contributed by atoms with Gasteiger partial charge >= 0.3 is 0 Å². The number of ether oxygens (including phenoxy) is 1. The lowest BCUT2D eigenvalue weighted by Gasteiger charge is -2.41. The number of rotatable bonds is 6. The third-order valence-corrected chi connectivity index (χ3v) is 9.40. The second-order valence-corrected chi connectivity index (χ2v) is 11.6. The van der Waals surface area contributed by atoms with Gasteiger partial charge in [0.15, 0.2) is 0 Å². The fourth-order valence-electron chi connectivity index (χ4n) is 4.94. The van der Waals surface area contributed by atoms with Gasteiger partial charge in [0.1, 0.15) is 11.4 Å². The van der Waals surface area contributed by atoms with Crippen molar-refractivity contribution in [2.75, 3.05) is 13.1 Å². The zero-order valence-electron chi connectivity index (χ0n) is 19.8. The molecular weight excluding hydrogens is 472 g/mol. The molecule has 0 unspecified atom stereocenters. The highest BCUT2D eigenvalue weighted by atomic mass is 35.5. The molecule has 0 bridgehead atoms. The average Bonchev–Trinajstić information content (AvgIpc) is 3.14. The first kappa shape index (κ1) is 25.0. The number of fused-ring (bicyclic) bond motifs is 1. The van der Waals surface area contributed by atoms with E-state index >= 15 is 0 Å². The van der Waals surface area contributed by atoms with Crippen LogP contribution in [0.1, 0.15) is 80.8 Å². The van der Waals surface area contributed by atoms with E-state index in [-0.39, 0.29) is 33.0 Å². The van der Waals surface area contributed by atoms with E-state index in [1.54, 1.807) is 0 Å². The Morgan fingerprint density at radius 1 is 1.09 bits per heavy atom. The molecule has 4 rings (SSSR count). The van der Waals surface area contributed by atoms with Gasteiger partial charge in [-0.05, 0) is 49.9 Å². The number of benzene rings is 2. The molecule has 1 saturated heterocycles. The van der Waals surface area contributed by atoms with Crippen molar-refractivity contribution in [1.29, 1.82) is 0 Å². The maximum absolute atomic E-state index is 13.4. The molecule has 34 heavy (non-hydrogen) atoms. The molecule has 6 nitrogen and oxygen atoms in total. The molecule has 0 saturated carbocycles. The van der Waals surface area contributed by atoms with E-state index < -0.39 is 10.0 Å². The molecule has 2 aliphatic rings. The Morgan fingerprint density at radius 3 is 2.44 bits per heavy atom. The highest BCUT2D eigenvalue weighted by Crippen LogP contribution is 2.42. The van der Waals surface area contributed by atoms with E-state index in [4.69, 9.17) is 16.3 Å². The molecule has 0 spiro atoms. The predicted octanol–water partition coefficient (Wildman–Crippen LogP) is 5.72. The summed E-state index contributed by atoms with van der Waals surface area (Å²) in [6, 6.07) is 11.9. The van der Waals surface area contributed by atoms with E-state index in [0.29, 0.717) is 19.5 Å². The monoisotopic (exact) mass is 504 g/mol. The minimum atomic E-state index is -3.69. The Labute approximate surface area is 207 Å². The van der Waals surface area contributed by atoms with Crippen LogP contribution in [0, 0.1) is 0 Å². The van der Waals surface area contributed by atoms with Gasteiger partial charge in [-0.1, -0.05) is 56.5 Å². The Morgan fingerprint density at radius 2 is 1.76 bits per heavy atom. The van der Waals surface area contributed by atoms with Gasteiger partial charge in [-0.2, -0.15) is 4.31 Å². The van der Waals surface area contributed by atoms with Crippen LogP contribution in [0.4, 0.5) is 0 Å². The number of amides is 1. The van der Waals surface area contributed by atoms with Crippen LogP contribution in [-0.4, -0.2) is 37.3 Å². The molecule has 1 N–H and O–H groups in total. The molecule has 2 aromatic carbocycles. The number of nitrogens with zero attached hydrogens (tertiary/aromatic N) is 1. The summed E-state index contributed by atoms with van der Waals surface area (Å²) in [5.41, 5.74) is 0.714. The van der Waals surface area contributed by atoms with Crippen molar-refractivity contribution in [3.05, 3.63) is 58.6 Å². The summed E-state index contributed by atoms with van der Waals surface area (Å²) in [4.78, 5) is 13.5. The molecule has 0 aromatic heterocycles. The Kier molecular flexibility index (Phi) is 7.55. The molecule has 2 heterocycles. The Balaban J connectivity index is 1.62. The number of carbonyl (C=O) groups is 1. The Hall–Kier alpha value is -2.09. The van der Waals surface area contributed by atoms with Crippen molar-refractivity contribution >= 4 is 27.5 Å². The predicted molar refractivity (Wildman–Crippen MR) is 134 cm³/mol. The van der Waals surface area contributed by atoms with Crippen LogP contribution in [0.15, 0.2) is 47.4 Å². The summed E-state index contributed by atoms with van der Waals surface area (Å²) < 4.78 is 34.4. The summed E-state index contributed by atoms with van der Waals surface area (Å²) in [6.45, 7) is 5.18. The van der Waals surface area contributed by atoms with E-state index in [0.717, 1.165) is 49.8 Å². The lowest BCUT2D eigenvalue weighted by Crippen LogP contribution is -2.44. The summed E-state index contributed by atoms with van der Waals surface area (Å²) in [5.74, 6) is 0.382. The molecule has 1 fully saturated rings. The molecule has 2 aliphatic heterocycles. The van der Waals surface area contributed by atoms with E-state index in [1.165, 1.54) is 22.5 Å². The fraction of sp³-hybridized carbons (Fsp3) is 0.500. The van der Waals surface area contributed by atoms with Crippen molar-refractivity contribution in [3.63, 3.8) is 0 Å². The van der Waals surface area contributed by atoms with Gasteiger partial charge in [0.2, 0.25) is 10.0 Å². The normalized spacial score (nSPS) is 20.6. The van der Waals surface area contributed by atoms with Crippen LogP contribution in [0.3, 0.4) is 0 Å². The SMILES string of the molecule is CCC1(CC)C[C@H](NC(=O)c2cc(S(=O)(=O)N3CCCCCC3)ccc2Cl)c2ccccc2O1. The van der Waals surface area contributed by atoms with Gasteiger partial charge in [0.05, 0.1) is 21.5 Å². The zero-order chi connectivity index (χ0) is 24.3. The standard InChI is InChI=1S/C26H33ClN2O4S/c1-3-26(4-2)18-23(20-11-7-8-12-24(20)33-26)28-25(30)21-17-19(13-14-22(21)27)34(31,32)29-15-9-5-6-10-16-29/h7-8,11-14,17,23H,3-6,9-10,15-16,18H2,1-2H3,(H,28,30)/t23-/m0/s1. The minimum absolute atomic E-state index is 0.104. The summed E-state index contributed by atoms with van der Waals surface area (Å²) in [6.07, 6.45) is 6.02. The van der Waals surface area contributed by atoms with Gasteiger partial charge in [-0.3, -0.25) is 4.79 Å². The van der Waals surface area contributed by atoms with Crippen molar-refractivity contribution in [3.8, 4) is 5.75 Å². The second kappa shape index (κ2) is 10.3. The highest BCUT2D eigenvalue weighted by Gasteiger charge is 2.39. The fourth-order valence-corrected chi connectivity index (χ4v) is 6.68. The molecule has 0 aliphatic carbocycles. The van der Waals surface area contributed by atoms with Gasteiger partial charge < -0.3 is 10.1 Å². The zero-order valence-corrected chi connectivity index (χ0v) is 21.4. The second-order valence-electron chi connectivity index (χ2n) is 9.22. The number of hydrogen-bond acceptors (Lipinski definition) is 4. The summed E-state index contributed by atoms with van der Waals surface area (Å²) >= 11 is 6.39. The van der Waals surface area contributed by atoms with Crippen molar-refractivity contribution < 1.29 is 17.9 Å². The van der Waals surface area contributed by atoms with Gasteiger partial charge in [-0.15, -0.1) is 0 Å². The maximum Gasteiger partial charge on any atom is 0.253 e. The summed E-state index contributed by atoms with van der Waals surface area (Å²) in [7, 11) is -3.69. The third kappa shape index (κ3) is 4.97. The van der Waals surface area contributed by atoms with Crippen LogP contribution in [0.2, 0.25) is 5.02 Å². The topological polar surface area (TPSA) is 75.7 Å². The summed E-state index contributed by atoms with van der Waals surface area (Å²) in [5, 5.41) is 3.34. The highest BCUT2D eigenvalue weighted by molar-refractivity contribution is 7.89. The minimum Gasteiger partial charge on any atom is -0.487 e. The molecular formula is C26H33ClN2O4S.